The van der Waals surface area contributed by atoms with Gasteiger partial charge >= 0.3 is 12.1 Å². The Labute approximate surface area is 137 Å². The highest BCUT2D eigenvalue weighted by atomic mass is 16.6. The molecule has 5 nitrogen and oxygen atoms in total. The van der Waals surface area contributed by atoms with Crippen LogP contribution in [-0.2, 0) is 9.53 Å². The third-order valence-corrected chi connectivity index (χ3v) is 4.22. The Morgan fingerprint density at radius 2 is 1.87 bits per heavy atom. The van der Waals surface area contributed by atoms with E-state index in [-0.39, 0.29) is 5.92 Å². The van der Waals surface area contributed by atoms with Gasteiger partial charge in [-0.1, -0.05) is 43.2 Å². The van der Waals surface area contributed by atoms with Crippen LogP contribution in [0, 0.1) is 0 Å². The molecule has 1 saturated carbocycles. The number of carbonyl (C=O) groups excluding carboxylic acids is 1. The predicted molar refractivity (Wildman–Crippen MR) is 87.4 cm³/mol. The minimum absolute atomic E-state index is 0.262. The molecule has 0 radical (unpaired) electrons. The van der Waals surface area contributed by atoms with Crippen LogP contribution in [0.15, 0.2) is 30.3 Å². The van der Waals surface area contributed by atoms with Gasteiger partial charge in [0.25, 0.3) is 0 Å². The van der Waals surface area contributed by atoms with E-state index in [4.69, 9.17) is 4.74 Å². The zero-order valence-electron chi connectivity index (χ0n) is 14.0. The third kappa shape index (κ3) is 4.03. The molecule has 2 atom stereocenters. The number of rotatable bonds is 3. The second-order valence-corrected chi connectivity index (χ2v) is 7.11. The maximum absolute atomic E-state index is 12.2. The van der Waals surface area contributed by atoms with Crippen molar-refractivity contribution >= 4 is 12.1 Å². The third-order valence-electron chi connectivity index (χ3n) is 4.22. The van der Waals surface area contributed by atoms with E-state index in [0.29, 0.717) is 6.42 Å². The molecule has 1 aromatic carbocycles. The highest BCUT2D eigenvalue weighted by molar-refractivity contribution is 5.86. The molecule has 1 aromatic rings. The fourth-order valence-corrected chi connectivity index (χ4v) is 3.25. The molecule has 2 N–H and O–H groups in total. The van der Waals surface area contributed by atoms with Gasteiger partial charge in [0.1, 0.15) is 11.1 Å². The first-order valence-corrected chi connectivity index (χ1v) is 8.04. The van der Waals surface area contributed by atoms with Crippen LogP contribution in [0.3, 0.4) is 0 Å². The number of alkyl carbamates (subject to hydrolysis) is 1. The van der Waals surface area contributed by atoms with Crippen molar-refractivity contribution in [1.29, 1.82) is 0 Å². The van der Waals surface area contributed by atoms with Gasteiger partial charge < -0.3 is 15.2 Å². The van der Waals surface area contributed by atoms with Gasteiger partial charge in [-0.25, -0.2) is 9.59 Å². The van der Waals surface area contributed by atoms with Crippen molar-refractivity contribution in [1.82, 2.24) is 5.32 Å². The van der Waals surface area contributed by atoms with Crippen molar-refractivity contribution in [2.75, 3.05) is 0 Å². The maximum atomic E-state index is 12.2. The molecule has 2 rings (SSSR count). The molecule has 1 amide bonds. The van der Waals surface area contributed by atoms with Crippen molar-refractivity contribution in [3.8, 4) is 0 Å². The van der Waals surface area contributed by atoms with Crippen molar-refractivity contribution in [3.63, 3.8) is 0 Å². The van der Waals surface area contributed by atoms with Crippen LogP contribution in [0.25, 0.3) is 0 Å². The highest BCUT2D eigenvalue weighted by Crippen LogP contribution is 2.41. The Bertz CT molecular complexity index is 564. The molecule has 1 fully saturated rings. The molecule has 0 aliphatic heterocycles. The Morgan fingerprint density at radius 3 is 2.43 bits per heavy atom. The SMILES string of the molecule is CC(C)(C)OC(=O)N[C@@]1(C(=O)O)CCCC[C@H]1c1ccccc1. The normalized spacial score (nSPS) is 24.7. The second-order valence-electron chi connectivity index (χ2n) is 7.11. The number of amides is 1. The Hall–Kier alpha value is -2.04. The maximum Gasteiger partial charge on any atom is 0.408 e. The summed E-state index contributed by atoms with van der Waals surface area (Å²) in [6.07, 6.45) is 2.17. The summed E-state index contributed by atoms with van der Waals surface area (Å²) in [5.74, 6) is -1.26. The minimum Gasteiger partial charge on any atom is -0.479 e. The van der Waals surface area contributed by atoms with E-state index in [9.17, 15) is 14.7 Å². The first-order chi connectivity index (χ1) is 10.7. The number of hydrogen-bond donors (Lipinski definition) is 2. The van der Waals surface area contributed by atoms with Crippen molar-refractivity contribution in [3.05, 3.63) is 35.9 Å². The van der Waals surface area contributed by atoms with Gasteiger partial charge in [-0.15, -0.1) is 0 Å². The monoisotopic (exact) mass is 319 g/mol. The number of aliphatic carboxylic acids is 1. The summed E-state index contributed by atoms with van der Waals surface area (Å²) in [5, 5.41) is 12.6. The molecule has 0 unspecified atom stereocenters. The van der Waals surface area contributed by atoms with Crippen molar-refractivity contribution in [2.24, 2.45) is 0 Å². The molecule has 23 heavy (non-hydrogen) atoms. The lowest BCUT2D eigenvalue weighted by atomic mass is 9.69. The van der Waals surface area contributed by atoms with E-state index >= 15 is 0 Å². The van der Waals surface area contributed by atoms with E-state index < -0.39 is 23.2 Å². The lowest BCUT2D eigenvalue weighted by molar-refractivity contribution is -0.147. The van der Waals surface area contributed by atoms with Crippen LogP contribution in [0.5, 0.6) is 0 Å². The van der Waals surface area contributed by atoms with Crippen LogP contribution in [-0.4, -0.2) is 28.3 Å². The van der Waals surface area contributed by atoms with Gasteiger partial charge in [0.2, 0.25) is 0 Å². The average molecular weight is 319 g/mol. The molecule has 0 saturated heterocycles. The van der Waals surface area contributed by atoms with Crippen LogP contribution < -0.4 is 5.32 Å². The summed E-state index contributed by atoms with van der Waals surface area (Å²) in [4.78, 5) is 24.3. The summed E-state index contributed by atoms with van der Waals surface area (Å²) < 4.78 is 5.29. The Morgan fingerprint density at radius 1 is 1.22 bits per heavy atom. The highest BCUT2D eigenvalue weighted by Gasteiger charge is 2.49. The van der Waals surface area contributed by atoms with Crippen LogP contribution >= 0.6 is 0 Å². The first kappa shape index (κ1) is 17.3. The Balaban J connectivity index is 2.32. The van der Waals surface area contributed by atoms with Crippen LogP contribution in [0.2, 0.25) is 0 Å². The summed E-state index contributed by atoms with van der Waals surface area (Å²) in [6.45, 7) is 5.28. The lowest BCUT2D eigenvalue weighted by Gasteiger charge is -2.41. The van der Waals surface area contributed by atoms with E-state index in [0.717, 1.165) is 24.8 Å². The summed E-state index contributed by atoms with van der Waals surface area (Å²) >= 11 is 0. The number of carboxylic acid groups (broad SMARTS) is 1. The number of ether oxygens (including phenoxy) is 1. The van der Waals surface area contributed by atoms with E-state index in [1.165, 1.54) is 0 Å². The molecule has 126 valence electrons. The molecule has 0 spiro atoms. The molecule has 0 heterocycles. The quantitative estimate of drug-likeness (QED) is 0.891. The summed E-state index contributed by atoms with van der Waals surface area (Å²) in [5.41, 5.74) is -1.05. The fraction of sp³-hybridized carbons (Fsp3) is 0.556. The van der Waals surface area contributed by atoms with Crippen LogP contribution in [0.1, 0.15) is 57.9 Å². The molecule has 1 aliphatic carbocycles. The first-order valence-electron chi connectivity index (χ1n) is 8.04. The average Bonchev–Trinajstić information content (AvgIpc) is 2.46. The second kappa shape index (κ2) is 6.60. The zero-order chi connectivity index (χ0) is 17.1. The van der Waals surface area contributed by atoms with Crippen LogP contribution in [0.4, 0.5) is 4.79 Å². The minimum atomic E-state index is -1.32. The smallest absolute Gasteiger partial charge is 0.408 e. The number of hydrogen-bond acceptors (Lipinski definition) is 3. The number of carbonyl (C=O) groups is 2. The predicted octanol–water partition coefficient (Wildman–Crippen LogP) is 3.69. The molecule has 5 heteroatoms. The van der Waals surface area contributed by atoms with Gasteiger partial charge in [-0.2, -0.15) is 0 Å². The van der Waals surface area contributed by atoms with E-state index in [1.54, 1.807) is 20.8 Å². The number of benzene rings is 1. The zero-order valence-corrected chi connectivity index (χ0v) is 14.0. The van der Waals surface area contributed by atoms with Gasteiger partial charge in [0, 0.05) is 5.92 Å². The van der Waals surface area contributed by atoms with Gasteiger partial charge in [-0.05, 0) is 39.2 Å². The summed E-state index contributed by atoms with van der Waals surface area (Å²) in [6, 6.07) is 9.53. The van der Waals surface area contributed by atoms with Crippen molar-refractivity contribution in [2.45, 2.75) is 63.5 Å². The molecule has 1 aliphatic rings. The van der Waals surface area contributed by atoms with Gasteiger partial charge in [-0.3, -0.25) is 0 Å². The largest absolute Gasteiger partial charge is 0.479 e. The Kier molecular flexibility index (Phi) is 4.97. The molecular formula is C18H25NO4. The molecule has 0 bridgehead atoms. The van der Waals surface area contributed by atoms with E-state index in [1.807, 2.05) is 30.3 Å². The summed E-state index contributed by atoms with van der Waals surface area (Å²) in [7, 11) is 0. The fourth-order valence-electron chi connectivity index (χ4n) is 3.25. The number of nitrogens with one attached hydrogen (secondary N) is 1. The molecule has 0 aromatic heterocycles. The van der Waals surface area contributed by atoms with Gasteiger partial charge in [0.05, 0.1) is 0 Å². The molecular weight excluding hydrogens is 294 g/mol. The standard InChI is InChI=1S/C18H25NO4/c1-17(2,3)23-16(22)19-18(15(20)21)12-8-7-11-14(18)13-9-5-4-6-10-13/h4-6,9-10,14H,7-8,11-12H2,1-3H3,(H,19,22)(H,20,21)/t14-,18-/m0/s1. The van der Waals surface area contributed by atoms with E-state index in [2.05, 4.69) is 5.32 Å². The van der Waals surface area contributed by atoms with Gasteiger partial charge in [0.15, 0.2) is 0 Å². The topological polar surface area (TPSA) is 75.6 Å². The van der Waals surface area contributed by atoms with Crippen molar-refractivity contribution < 1.29 is 19.4 Å². The number of carboxylic acids is 1. The lowest BCUT2D eigenvalue weighted by Crippen LogP contribution is -2.60.